The Hall–Kier alpha value is -1.81. The van der Waals surface area contributed by atoms with E-state index in [2.05, 4.69) is 10.6 Å². The monoisotopic (exact) mass is 334 g/mol. The lowest BCUT2D eigenvalue weighted by Crippen LogP contribution is -2.53. The number of amides is 3. The van der Waals surface area contributed by atoms with Crippen molar-refractivity contribution in [2.75, 3.05) is 12.0 Å². The molecule has 0 fully saturated rings. The van der Waals surface area contributed by atoms with Crippen molar-refractivity contribution in [3.63, 3.8) is 0 Å². The van der Waals surface area contributed by atoms with Gasteiger partial charge in [-0.05, 0) is 25.4 Å². The van der Waals surface area contributed by atoms with Gasteiger partial charge < -0.3 is 27.2 Å². The first-order valence-electron chi connectivity index (χ1n) is 6.55. The number of primary amides is 1. The lowest BCUT2D eigenvalue weighted by atomic mass is 10.1. The molecule has 0 aromatic carbocycles. The van der Waals surface area contributed by atoms with Crippen LogP contribution in [0.5, 0.6) is 0 Å². The number of rotatable bonds is 10. The Morgan fingerprint density at radius 2 is 1.77 bits per heavy atom. The fourth-order valence-electron chi connectivity index (χ4n) is 1.46. The third-order valence-electron chi connectivity index (χ3n) is 2.74. The molecule has 0 rings (SSSR count). The topological polar surface area (TPSA) is 165 Å². The third kappa shape index (κ3) is 7.84. The number of carbonyl (C=O) groups excluding carboxylic acids is 3. The molecule has 10 heteroatoms. The largest absolute Gasteiger partial charge is 0.480 e. The zero-order chi connectivity index (χ0) is 17.3. The summed E-state index contributed by atoms with van der Waals surface area (Å²) in [7, 11) is 0. The second-order valence-electron chi connectivity index (χ2n) is 4.69. The van der Waals surface area contributed by atoms with Crippen LogP contribution in [0.15, 0.2) is 0 Å². The number of carboxylic acid groups (broad SMARTS) is 1. The van der Waals surface area contributed by atoms with E-state index in [1.54, 1.807) is 11.8 Å². The van der Waals surface area contributed by atoms with E-state index in [0.717, 1.165) is 0 Å². The molecule has 0 saturated heterocycles. The van der Waals surface area contributed by atoms with E-state index in [-0.39, 0.29) is 0 Å². The zero-order valence-electron chi connectivity index (χ0n) is 12.5. The van der Waals surface area contributed by atoms with Crippen molar-refractivity contribution in [3.8, 4) is 0 Å². The van der Waals surface area contributed by atoms with Crippen molar-refractivity contribution in [1.29, 1.82) is 0 Å². The molecule has 22 heavy (non-hydrogen) atoms. The summed E-state index contributed by atoms with van der Waals surface area (Å²) in [5.41, 5.74) is 10.6. The third-order valence-corrected chi connectivity index (χ3v) is 3.39. The van der Waals surface area contributed by atoms with Crippen molar-refractivity contribution in [2.24, 2.45) is 11.5 Å². The van der Waals surface area contributed by atoms with Crippen molar-refractivity contribution in [1.82, 2.24) is 10.6 Å². The van der Waals surface area contributed by atoms with Crippen LogP contribution in [-0.4, -0.2) is 58.9 Å². The highest BCUT2D eigenvalue weighted by atomic mass is 32.2. The van der Waals surface area contributed by atoms with Crippen LogP contribution in [0.3, 0.4) is 0 Å². The van der Waals surface area contributed by atoms with E-state index in [0.29, 0.717) is 12.2 Å². The number of hydrogen-bond donors (Lipinski definition) is 5. The van der Waals surface area contributed by atoms with Gasteiger partial charge in [0.15, 0.2) is 0 Å². The minimum atomic E-state index is -1.44. The summed E-state index contributed by atoms with van der Waals surface area (Å²) in [6.07, 6.45) is 1.81. The van der Waals surface area contributed by atoms with Gasteiger partial charge in [0.05, 0.1) is 12.5 Å². The summed E-state index contributed by atoms with van der Waals surface area (Å²) in [4.78, 5) is 45.2. The van der Waals surface area contributed by atoms with Gasteiger partial charge in [0.25, 0.3) is 0 Å². The molecule has 0 heterocycles. The molecule has 0 aromatic rings. The highest BCUT2D eigenvalue weighted by Crippen LogP contribution is 1.99. The number of hydrogen-bond acceptors (Lipinski definition) is 6. The molecule has 3 atom stereocenters. The molecule has 0 aromatic heterocycles. The van der Waals surface area contributed by atoms with Crippen LogP contribution >= 0.6 is 11.8 Å². The summed E-state index contributed by atoms with van der Waals surface area (Å²) in [6.45, 7) is 1.39. The average Bonchev–Trinajstić information content (AvgIpc) is 2.42. The fourth-order valence-corrected chi connectivity index (χ4v) is 1.95. The minimum Gasteiger partial charge on any atom is -0.480 e. The lowest BCUT2D eigenvalue weighted by Gasteiger charge is -2.19. The van der Waals surface area contributed by atoms with E-state index in [9.17, 15) is 19.2 Å². The van der Waals surface area contributed by atoms with Gasteiger partial charge in [0.2, 0.25) is 17.7 Å². The summed E-state index contributed by atoms with van der Waals surface area (Å²) >= 11 is 1.54. The number of thioether (sulfide) groups is 1. The van der Waals surface area contributed by atoms with Crippen LogP contribution in [0.25, 0.3) is 0 Å². The van der Waals surface area contributed by atoms with Gasteiger partial charge in [-0.3, -0.25) is 14.4 Å². The number of nitrogens with one attached hydrogen (secondary N) is 2. The maximum Gasteiger partial charge on any atom is 0.326 e. The van der Waals surface area contributed by atoms with Gasteiger partial charge in [0.1, 0.15) is 12.1 Å². The molecule has 0 radical (unpaired) electrons. The van der Waals surface area contributed by atoms with Crippen LogP contribution < -0.4 is 22.1 Å². The van der Waals surface area contributed by atoms with Crippen LogP contribution in [0.1, 0.15) is 19.8 Å². The van der Waals surface area contributed by atoms with Gasteiger partial charge >= 0.3 is 5.97 Å². The lowest BCUT2D eigenvalue weighted by molar-refractivity contribution is -0.143. The molecule has 0 bridgehead atoms. The molecule has 0 spiro atoms. The molecule has 126 valence electrons. The number of carbonyl (C=O) groups is 4. The smallest absolute Gasteiger partial charge is 0.326 e. The summed E-state index contributed by atoms with van der Waals surface area (Å²) in [5, 5.41) is 13.4. The molecular weight excluding hydrogens is 312 g/mol. The first kappa shape index (κ1) is 20.2. The maximum atomic E-state index is 11.8. The van der Waals surface area contributed by atoms with Crippen molar-refractivity contribution in [3.05, 3.63) is 0 Å². The van der Waals surface area contributed by atoms with Gasteiger partial charge in [-0.2, -0.15) is 11.8 Å². The van der Waals surface area contributed by atoms with E-state index in [1.165, 1.54) is 6.92 Å². The molecule has 0 unspecified atom stereocenters. The van der Waals surface area contributed by atoms with E-state index in [4.69, 9.17) is 16.6 Å². The Kier molecular flexibility index (Phi) is 9.18. The predicted molar refractivity (Wildman–Crippen MR) is 82.0 cm³/mol. The van der Waals surface area contributed by atoms with Crippen molar-refractivity contribution >= 4 is 35.5 Å². The maximum absolute atomic E-state index is 11.8. The van der Waals surface area contributed by atoms with Gasteiger partial charge in [-0.1, -0.05) is 0 Å². The molecule has 0 saturated carbocycles. The Morgan fingerprint density at radius 1 is 1.18 bits per heavy atom. The van der Waals surface area contributed by atoms with Gasteiger partial charge in [-0.15, -0.1) is 0 Å². The Morgan fingerprint density at radius 3 is 2.23 bits per heavy atom. The van der Waals surface area contributed by atoms with Crippen LogP contribution in [0.4, 0.5) is 0 Å². The number of carboxylic acids is 1. The zero-order valence-corrected chi connectivity index (χ0v) is 13.3. The second kappa shape index (κ2) is 10.0. The van der Waals surface area contributed by atoms with E-state index < -0.39 is 48.2 Å². The second-order valence-corrected chi connectivity index (χ2v) is 5.67. The molecule has 3 amide bonds. The van der Waals surface area contributed by atoms with Crippen LogP contribution in [0.2, 0.25) is 0 Å². The SMILES string of the molecule is CSCC[C@H](N)C(=O)N[C@@H](C)C(=O)N[C@@H](CC(N)=O)C(=O)O. The quantitative estimate of drug-likeness (QED) is 0.309. The highest BCUT2D eigenvalue weighted by Gasteiger charge is 2.26. The van der Waals surface area contributed by atoms with Gasteiger partial charge in [0, 0.05) is 0 Å². The summed E-state index contributed by atoms with van der Waals surface area (Å²) < 4.78 is 0. The normalized spacial score (nSPS) is 14.5. The Balaban J connectivity index is 4.49. The van der Waals surface area contributed by atoms with Crippen molar-refractivity contribution in [2.45, 2.75) is 37.9 Å². The molecule has 0 aliphatic carbocycles. The molecule has 7 N–H and O–H groups in total. The minimum absolute atomic E-state index is 0.459. The molecule has 0 aliphatic rings. The molecular formula is C12H22N4O5S. The number of aliphatic carboxylic acids is 1. The summed E-state index contributed by atoms with van der Waals surface area (Å²) in [5.74, 6) is -2.78. The van der Waals surface area contributed by atoms with Gasteiger partial charge in [-0.25, -0.2) is 4.79 Å². The Labute approximate surface area is 132 Å². The van der Waals surface area contributed by atoms with E-state index in [1.807, 2.05) is 6.26 Å². The fraction of sp³-hybridized carbons (Fsp3) is 0.667. The molecule has 9 nitrogen and oxygen atoms in total. The standard InChI is InChI=1S/C12H22N4O5S/c1-6(15-11(19)7(13)3-4-22-2)10(18)16-8(12(20)21)5-9(14)17/h6-8H,3-5,13H2,1-2H3,(H2,14,17)(H,15,19)(H,16,18)(H,20,21)/t6-,7-,8-/m0/s1. The average molecular weight is 334 g/mol. The summed E-state index contributed by atoms with van der Waals surface area (Å²) in [6, 6.07) is -3.17. The van der Waals surface area contributed by atoms with Crippen LogP contribution in [0, 0.1) is 0 Å². The number of nitrogens with two attached hydrogens (primary N) is 2. The highest BCUT2D eigenvalue weighted by molar-refractivity contribution is 7.98. The molecule has 0 aliphatic heterocycles. The van der Waals surface area contributed by atoms with E-state index >= 15 is 0 Å². The predicted octanol–water partition coefficient (Wildman–Crippen LogP) is -1.98. The van der Waals surface area contributed by atoms with Crippen LogP contribution in [-0.2, 0) is 19.2 Å². The first-order chi connectivity index (χ1) is 10.2. The Bertz CT molecular complexity index is 432. The first-order valence-corrected chi connectivity index (χ1v) is 7.94. The van der Waals surface area contributed by atoms with Crippen molar-refractivity contribution < 1.29 is 24.3 Å².